The zero-order valence-electron chi connectivity index (χ0n) is 19.3. The topological polar surface area (TPSA) is 60.9 Å². The quantitative estimate of drug-likeness (QED) is 0.519. The Morgan fingerprint density at radius 3 is 2.08 bits per heavy atom. The molecule has 0 saturated carbocycles. The molecule has 0 N–H and O–H groups in total. The van der Waals surface area contributed by atoms with Crippen LogP contribution in [0, 0.1) is 5.92 Å². The van der Waals surface area contributed by atoms with Crippen LogP contribution in [0.25, 0.3) is 0 Å². The lowest BCUT2D eigenvalue weighted by Gasteiger charge is -2.39. The van der Waals surface area contributed by atoms with E-state index in [1.54, 1.807) is 29.2 Å². The van der Waals surface area contributed by atoms with Crippen molar-refractivity contribution in [1.29, 1.82) is 0 Å². The fraction of sp³-hybridized carbons (Fsp3) is 0.458. The van der Waals surface area contributed by atoms with Gasteiger partial charge in [0.15, 0.2) is 0 Å². The maximum Gasteiger partial charge on any atom is 0.416 e. The standard InChI is InChI=1S/C24H26Cl2F3N3O3S/c25-21-5-2-6-22(26)20(21)16-36(34,35)32-9-7-17(8-10-32)23(33)31-13-11-30(12-14-31)19-4-1-3-18(15-19)24(27,28)29/h1-6,15,17H,7-14,16H2. The smallest absolute Gasteiger partial charge is 0.368 e. The highest BCUT2D eigenvalue weighted by Gasteiger charge is 2.35. The molecule has 0 radical (unpaired) electrons. The number of amides is 1. The van der Waals surface area contributed by atoms with Gasteiger partial charge in [0.1, 0.15) is 0 Å². The van der Waals surface area contributed by atoms with E-state index in [1.807, 2.05) is 4.90 Å². The second-order valence-corrected chi connectivity index (χ2v) is 11.8. The Morgan fingerprint density at radius 1 is 0.917 bits per heavy atom. The van der Waals surface area contributed by atoms with E-state index in [9.17, 15) is 26.4 Å². The molecule has 0 bridgehead atoms. The Hall–Kier alpha value is -2.01. The van der Waals surface area contributed by atoms with Gasteiger partial charge in [0.25, 0.3) is 0 Å². The number of halogens is 5. The number of nitrogens with zero attached hydrogens (tertiary/aromatic N) is 3. The molecule has 0 spiro atoms. The van der Waals surface area contributed by atoms with E-state index in [0.717, 1.165) is 12.1 Å². The van der Waals surface area contributed by atoms with Crippen LogP contribution in [-0.2, 0) is 26.7 Å². The van der Waals surface area contributed by atoms with E-state index in [2.05, 4.69) is 0 Å². The van der Waals surface area contributed by atoms with Crippen LogP contribution in [0.15, 0.2) is 42.5 Å². The maximum absolute atomic E-state index is 13.1. The van der Waals surface area contributed by atoms with Crippen LogP contribution in [0.1, 0.15) is 24.0 Å². The molecule has 2 aromatic rings. The summed E-state index contributed by atoms with van der Waals surface area (Å²) in [5.74, 6) is -0.632. The number of carbonyl (C=O) groups excluding carboxylic acids is 1. The van der Waals surface area contributed by atoms with Gasteiger partial charge >= 0.3 is 6.18 Å². The number of hydrogen-bond acceptors (Lipinski definition) is 4. The predicted molar refractivity (Wildman–Crippen MR) is 134 cm³/mol. The summed E-state index contributed by atoms with van der Waals surface area (Å²) in [5, 5.41) is 0.584. The van der Waals surface area contributed by atoms with Gasteiger partial charge in [0.2, 0.25) is 15.9 Å². The molecule has 196 valence electrons. The number of rotatable bonds is 5. The molecule has 12 heteroatoms. The van der Waals surface area contributed by atoms with Crippen LogP contribution in [0.5, 0.6) is 0 Å². The average Bonchev–Trinajstić information content (AvgIpc) is 2.86. The lowest BCUT2D eigenvalue weighted by Crippen LogP contribution is -2.52. The summed E-state index contributed by atoms with van der Waals surface area (Å²) >= 11 is 12.3. The minimum absolute atomic E-state index is 0.0371. The van der Waals surface area contributed by atoms with Crippen LogP contribution >= 0.6 is 23.2 Å². The molecule has 4 rings (SSSR count). The third-order valence-corrected chi connectivity index (χ3v) is 9.23. The normalized spacial score (nSPS) is 18.5. The summed E-state index contributed by atoms with van der Waals surface area (Å²) in [6.07, 6.45) is -3.60. The van der Waals surface area contributed by atoms with Gasteiger partial charge in [-0.1, -0.05) is 35.3 Å². The number of hydrogen-bond donors (Lipinski definition) is 0. The Labute approximate surface area is 218 Å². The van der Waals surface area contributed by atoms with Crippen molar-refractivity contribution in [2.24, 2.45) is 5.92 Å². The van der Waals surface area contributed by atoms with Crippen LogP contribution in [0.4, 0.5) is 18.9 Å². The highest BCUT2D eigenvalue weighted by Crippen LogP contribution is 2.32. The lowest BCUT2D eigenvalue weighted by molar-refractivity contribution is -0.137. The van der Waals surface area contributed by atoms with Crippen molar-refractivity contribution in [3.63, 3.8) is 0 Å². The fourth-order valence-electron chi connectivity index (χ4n) is 4.65. The summed E-state index contributed by atoms with van der Waals surface area (Å²) in [4.78, 5) is 16.6. The Morgan fingerprint density at radius 2 is 1.50 bits per heavy atom. The Balaban J connectivity index is 1.30. The minimum atomic E-state index is -4.41. The third kappa shape index (κ3) is 6.10. The van der Waals surface area contributed by atoms with Gasteiger partial charge in [0, 0.05) is 66.5 Å². The van der Waals surface area contributed by atoms with Crippen molar-refractivity contribution in [1.82, 2.24) is 9.21 Å². The number of piperazine rings is 1. The average molecular weight is 564 g/mol. The van der Waals surface area contributed by atoms with Crippen molar-refractivity contribution in [3.05, 3.63) is 63.6 Å². The maximum atomic E-state index is 13.1. The van der Waals surface area contributed by atoms with E-state index in [1.165, 1.54) is 10.4 Å². The molecule has 2 aromatic carbocycles. The van der Waals surface area contributed by atoms with Gasteiger partial charge in [0.05, 0.1) is 11.3 Å². The first-order valence-electron chi connectivity index (χ1n) is 11.6. The number of sulfonamides is 1. The largest absolute Gasteiger partial charge is 0.416 e. The molecule has 1 amide bonds. The van der Waals surface area contributed by atoms with E-state index in [-0.39, 0.29) is 30.7 Å². The van der Waals surface area contributed by atoms with Crippen molar-refractivity contribution >= 4 is 44.8 Å². The van der Waals surface area contributed by atoms with Crippen LogP contribution in [0.3, 0.4) is 0 Å². The predicted octanol–water partition coefficient (Wildman–Crippen LogP) is 4.90. The molecule has 2 aliphatic heterocycles. The minimum Gasteiger partial charge on any atom is -0.368 e. The SMILES string of the molecule is O=C(C1CCN(S(=O)(=O)Cc2c(Cl)cccc2Cl)CC1)N1CCN(c2cccc(C(F)(F)F)c2)CC1. The first-order chi connectivity index (χ1) is 17.0. The molecular formula is C24H26Cl2F3N3O3S. The highest BCUT2D eigenvalue weighted by atomic mass is 35.5. The van der Waals surface area contributed by atoms with Crippen LogP contribution in [-0.4, -0.2) is 62.8 Å². The van der Waals surface area contributed by atoms with Gasteiger partial charge in [-0.3, -0.25) is 4.79 Å². The summed E-state index contributed by atoms with van der Waals surface area (Å²) in [7, 11) is -3.65. The van der Waals surface area contributed by atoms with Crippen molar-refractivity contribution in [2.45, 2.75) is 24.8 Å². The molecule has 0 atom stereocenters. The zero-order chi connectivity index (χ0) is 26.1. The molecule has 0 aliphatic carbocycles. The molecule has 6 nitrogen and oxygen atoms in total. The van der Waals surface area contributed by atoms with Crippen LogP contribution in [0.2, 0.25) is 10.0 Å². The van der Waals surface area contributed by atoms with E-state index in [4.69, 9.17) is 23.2 Å². The molecule has 0 unspecified atom stereocenters. The summed E-state index contributed by atoms with van der Waals surface area (Å²) < 4.78 is 66.3. The van der Waals surface area contributed by atoms with Gasteiger partial charge in [-0.15, -0.1) is 0 Å². The third-order valence-electron chi connectivity index (χ3n) is 6.71. The summed E-state index contributed by atoms with van der Waals surface area (Å²) in [6, 6.07) is 10.0. The molecule has 2 heterocycles. The monoisotopic (exact) mass is 563 g/mol. The summed E-state index contributed by atoms with van der Waals surface area (Å²) in [6.45, 7) is 2.12. The number of piperidine rings is 1. The number of anilines is 1. The molecule has 2 saturated heterocycles. The lowest BCUT2D eigenvalue weighted by atomic mass is 9.96. The first-order valence-corrected chi connectivity index (χ1v) is 13.9. The van der Waals surface area contributed by atoms with Crippen molar-refractivity contribution in [2.75, 3.05) is 44.2 Å². The second kappa shape index (κ2) is 10.8. The first kappa shape index (κ1) is 27.0. The van der Waals surface area contributed by atoms with E-state index in [0.29, 0.717) is 60.3 Å². The number of benzene rings is 2. The van der Waals surface area contributed by atoms with E-state index < -0.39 is 21.8 Å². The Kier molecular flexibility index (Phi) is 8.09. The second-order valence-electron chi connectivity index (χ2n) is 8.99. The molecule has 2 fully saturated rings. The highest BCUT2D eigenvalue weighted by molar-refractivity contribution is 7.88. The molecule has 2 aliphatic rings. The van der Waals surface area contributed by atoms with Crippen LogP contribution < -0.4 is 4.90 Å². The summed E-state index contributed by atoms with van der Waals surface area (Å²) in [5.41, 5.74) is 0.142. The molecule has 36 heavy (non-hydrogen) atoms. The fourth-order valence-corrected chi connectivity index (χ4v) is 6.96. The zero-order valence-corrected chi connectivity index (χ0v) is 21.7. The van der Waals surface area contributed by atoms with Crippen molar-refractivity contribution < 1.29 is 26.4 Å². The van der Waals surface area contributed by atoms with Gasteiger partial charge in [-0.2, -0.15) is 13.2 Å². The van der Waals surface area contributed by atoms with Gasteiger partial charge in [-0.25, -0.2) is 12.7 Å². The van der Waals surface area contributed by atoms with Crippen molar-refractivity contribution in [3.8, 4) is 0 Å². The number of alkyl halides is 3. The number of carbonyl (C=O) groups is 1. The Bertz CT molecular complexity index is 1190. The molecular weight excluding hydrogens is 538 g/mol. The van der Waals surface area contributed by atoms with Gasteiger partial charge < -0.3 is 9.80 Å². The molecule has 0 aromatic heterocycles. The van der Waals surface area contributed by atoms with Gasteiger partial charge in [-0.05, 0) is 43.2 Å². The van der Waals surface area contributed by atoms with E-state index >= 15 is 0 Å².